The highest BCUT2D eigenvalue weighted by Gasteiger charge is 2.44. The maximum absolute atomic E-state index is 11.3. The normalized spacial score (nSPS) is 14.8. The number of alkyl halides is 2. The first kappa shape index (κ1) is 13.8. The van der Waals surface area contributed by atoms with Crippen LogP contribution in [0.2, 0.25) is 0 Å². The molecule has 1 aromatic rings. The number of aliphatic hydroxyl groups excluding tert-OH is 1. The predicted molar refractivity (Wildman–Crippen MR) is 65.4 cm³/mol. The number of hydrogen-bond donors (Lipinski definition) is 1. The molecule has 0 aromatic heterocycles. The SMILES string of the molecule is Cc1ccc([C@@H](O)C(Cl)(Cl)S(C)(=O)=O)cc1. The molecule has 0 fully saturated rings. The highest BCUT2D eigenvalue weighted by atomic mass is 35.5. The standard InChI is InChI=1S/C10H12Cl2O3S/c1-7-3-5-8(6-4-7)9(13)10(11,12)16(2,14)15/h3-6,9,13H,1-2H3/t9-/m1/s1. The zero-order chi connectivity index (χ0) is 12.6. The molecule has 90 valence electrons. The lowest BCUT2D eigenvalue weighted by molar-refractivity contribution is 0.181. The number of benzene rings is 1. The van der Waals surface area contributed by atoms with E-state index >= 15 is 0 Å². The van der Waals surface area contributed by atoms with Crippen LogP contribution in [-0.2, 0) is 9.84 Å². The monoisotopic (exact) mass is 282 g/mol. The quantitative estimate of drug-likeness (QED) is 0.865. The molecule has 3 nitrogen and oxygen atoms in total. The highest BCUT2D eigenvalue weighted by molar-refractivity contribution is 7.94. The first-order chi connectivity index (χ1) is 7.16. The van der Waals surface area contributed by atoms with E-state index in [9.17, 15) is 13.5 Å². The minimum atomic E-state index is -3.78. The smallest absolute Gasteiger partial charge is 0.247 e. The molecule has 0 spiro atoms. The Bertz CT molecular complexity index is 465. The Morgan fingerprint density at radius 3 is 2.06 bits per heavy atom. The van der Waals surface area contributed by atoms with Gasteiger partial charge in [0.15, 0.2) is 9.84 Å². The molecule has 0 unspecified atom stereocenters. The van der Waals surface area contributed by atoms with Gasteiger partial charge < -0.3 is 5.11 Å². The summed E-state index contributed by atoms with van der Waals surface area (Å²) in [5.74, 6) is 0. The van der Waals surface area contributed by atoms with Crippen molar-refractivity contribution in [2.75, 3.05) is 6.26 Å². The molecule has 1 rings (SSSR count). The van der Waals surface area contributed by atoms with Gasteiger partial charge in [0.2, 0.25) is 3.67 Å². The lowest BCUT2D eigenvalue weighted by Crippen LogP contribution is -2.32. The third-order valence-electron chi connectivity index (χ3n) is 2.21. The van der Waals surface area contributed by atoms with Gasteiger partial charge in [-0.15, -0.1) is 0 Å². The van der Waals surface area contributed by atoms with E-state index in [0.29, 0.717) is 5.56 Å². The van der Waals surface area contributed by atoms with Crippen LogP contribution in [0, 0.1) is 6.92 Å². The van der Waals surface area contributed by atoms with E-state index in [1.807, 2.05) is 6.92 Å². The molecule has 0 saturated heterocycles. The van der Waals surface area contributed by atoms with Gasteiger partial charge in [-0.2, -0.15) is 0 Å². The Balaban J connectivity index is 3.12. The van der Waals surface area contributed by atoms with Crippen molar-refractivity contribution in [3.05, 3.63) is 35.4 Å². The summed E-state index contributed by atoms with van der Waals surface area (Å²) in [7, 11) is -3.78. The van der Waals surface area contributed by atoms with E-state index in [1.165, 1.54) is 0 Å². The summed E-state index contributed by atoms with van der Waals surface area (Å²) in [5.41, 5.74) is 1.35. The van der Waals surface area contributed by atoms with Crippen LogP contribution in [0.25, 0.3) is 0 Å². The zero-order valence-electron chi connectivity index (χ0n) is 8.81. The second-order valence-corrected chi connectivity index (χ2v) is 7.67. The lowest BCUT2D eigenvalue weighted by atomic mass is 10.1. The molecule has 0 amide bonds. The fourth-order valence-electron chi connectivity index (χ4n) is 1.15. The maximum atomic E-state index is 11.3. The van der Waals surface area contributed by atoms with Crippen LogP contribution in [0.5, 0.6) is 0 Å². The molecule has 0 aliphatic heterocycles. The van der Waals surface area contributed by atoms with Gasteiger partial charge in [0.05, 0.1) is 0 Å². The topological polar surface area (TPSA) is 54.4 Å². The van der Waals surface area contributed by atoms with Gasteiger partial charge in [0.25, 0.3) is 0 Å². The molecule has 1 N–H and O–H groups in total. The first-order valence-electron chi connectivity index (χ1n) is 4.48. The Labute approximate surface area is 105 Å². The summed E-state index contributed by atoms with van der Waals surface area (Å²) in [6.45, 7) is 1.88. The van der Waals surface area contributed by atoms with Crippen molar-refractivity contribution >= 4 is 33.0 Å². The van der Waals surface area contributed by atoms with Crippen LogP contribution in [-0.4, -0.2) is 23.4 Å². The minimum absolute atomic E-state index is 0.362. The molecule has 0 bridgehead atoms. The average Bonchev–Trinajstić information content (AvgIpc) is 2.16. The van der Waals surface area contributed by atoms with E-state index in [2.05, 4.69) is 0 Å². The average molecular weight is 283 g/mol. The molecular weight excluding hydrogens is 271 g/mol. The molecule has 0 aliphatic carbocycles. The zero-order valence-corrected chi connectivity index (χ0v) is 11.1. The Morgan fingerprint density at radius 1 is 1.25 bits per heavy atom. The molecule has 1 aromatic carbocycles. The third-order valence-corrected chi connectivity index (χ3v) is 5.51. The third kappa shape index (κ3) is 2.69. The summed E-state index contributed by atoms with van der Waals surface area (Å²) in [6, 6.07) is 6.66. The maximum Gasteiger partial charge on any atom is 0.247 e. The summed E-state index contributed by atoms with van der Waals surface area (Å²) in [6.07, 6.45) is -0.601. The molecule has 0 saturated carbocycles. The van der Waals surface area contributed by atoms with Gasteiger partial charge in [-0.1, -0.05) is 53.0 Å². The number of sulfone groups is 1. The summed E-state index contributed by atoms with van der Waals surface area (Å²) in [4.78, 5) is 0. The van der Waals surface area contributed by atoms with E-state index in [-0.39, 0.29) is 0 Å². The van der Waals surface area contributed by atoms with Gasteiger partial charge >= 0.3 is 0 Å². The summed E-state index contributed by atoms with van der Waals surface area (Å²) < 4.78 is 20.4. The minimum Gasteiger partial charge on any atom is -0.384 e. The molecular formula is C10H12Cl2O3S. The van der Waals surface area contributed by atoms with Gasteiger partial charge in [-0.3, -0.25) is 0 Å². The van der Waals surface area contributed by atoms with Crippen LogP contribution >= 0.6 is 23.2 Å². The first-order valence-corrected chi connectivity index (χ1v) is 7.13. The van der Waals surface area contributed by atoms with Gasteiger partial charge in [0, 0.05) is 6.26 Å². The van der Waals surface area contributed by atoms with Crippen LogP contribution in [0.1, 0.15) is 17.2 Å². The van der Waals surface area contributed by atoms with Crippen molar-refractivity contribution in [2.24, 2.45) is 0 Å². The molecule has 0 aliphatic rings. The molecule has 0 radical (unpaired) electrons. The van der Waals surface area contributed by atoms with Gasteiger partial charge in [-0.25, -0.2) is 8.42 Å². The van der Waals surface area contributed by atoms with Crippen molar-refractivity contribution in [2.45, 2.75) is 16.7 Å². The number of hydrogen-bond acceptors (Lipinski definition) is 3. The summed E-state index contributed by atoms with van der Waals surface area (Å²) >= 11 is 11.3. The van der Waals surface area contributed by atoms with Crippen LogP contribution in [0.4, 0.5) is 0 Å². The largest absolute Gasteiger partial charge is 0.384 e. The van der Waals surface area contributed by atoms with Gasteiger partial charge in [0.1, 0.15) is 6.10 Å². The van der Waals surface area contributed by atoms with Crippen molar-refractivity contribution in [3.63, 3.8) is 0 Å². The lowest BCUT2D eigenvalue weighted by Gasteiger charge is -2.24. The van der Waals surface area contributed by atoms with Crippen molar-refractivity contribution < 1.29 is 13.5 Å². The Kier molecular flexibility index (Phi) is 3.90. The fourth-order valence-corrected chi connectivity index (χ4v) is 1.94. The predicted octanol–water partition coefficient (Wildman–Crippen LogP) is 2.20. The van der Waals surface area contributed by atoms with Crippen molar-refractivity contribution in [3.8, 4) is 0 Å². The molecule has 6 heteroatoms. The highest BCUT2D eigenvalue weighted by Crippen LogP contribution is 2.40. The number of halogens is 2. The van der Waals surface area contributed by atoms with Crippen molar-refractivity contribution in [1.82, 2.24) is 0 Å². The second-order valence-electron chi connectivity index (χ2n) is 3.65. The number of aliphatic hydroxyl groups is 1. The number of aryl methyl sites for hydroxylation is 1. The summed E-state index contributed by atoms with van der Waals surface area (Å²) in [5, 5.41) is 9.83. The second kappa shape index (κ2) is 4.53. The van der Waals surface area contributed by atoms with Crippen LogP contribution in [0.15, 0.2) is 24.3 Å². The Hall–Kier alpha value is -0.290. The fraction of sp³-hybridized carbons (Fsp3) is 0.400. The van der Waals surface area contributed by atoms with E-state index in [1.54, 1.807) is 24.3 Å². The van der Waals surface area contributed by atoms with Crippen LogP contribution < -0.4 is 0 Å². The number of rotatable bonds is 3. The molecule has 0 heterocycles. The Morgan fingerprint density at radius 2 is 1.69 bits per heavy atom. The van der Waals surface area contributed by atoms with Crippen LogP contribution in [0.3, 0.4) is 0 Å². The molecule has 1 atom stereocenters. The molecule has 16 heavy (non-hydrogen) atoms. The van der Waals surface area contributed by atoms with Crippen molar-refractivity contribution in [1.29, 1.82) is 0 Å². The van der Waals surface area contributed by atoms with E-state index in [0.717, 1.165) is 11.8 Å². The van der Waals surface area contributed by atoms with E-state index < -0.39 is 19.6 Å². The van der Waals surface area contributed by atoms with Gasteiger partial charge in [-0.05, 0) is 12.5 Å². The van der Waals surface area contributed by atoms with E-state index in [4.69, 9.17) is 23.2 Å².